The summed E-state index contributed by atoms with van der Waals surface area (Å²) in [5.41, 5.74) is 0. The third kappa shape index (κ3) is 7.24. The predicted molar refractivity (Wildman–Crippen MR) is 88.1 cm³/mol. The van der Waals surface area contributed by atoms with Gasteiger partial charge in [0.15, 0.2) is 5.83 Å². The van der Waals surface area contributed by atoms with Crippen LogP contribution in [0.25, 0.3) is 0 Å². The van der Waals surface area contributed by atoms with Crippen LogP contribution in [0.3, 0.4) is 0 Å². The van der Waals surface area contributed by atoms with Crippen LogP contribution in [0.1, 0.15) is 27.2 Å². The standard InChI is InChI=1S/C15H25F8NO3Si/c1-4-25-28(26-5-2,27-6-3)11-7-9-24-10-8-12(16)13(17,18)14(19,20)15(21,22)23/h8,24H,4-7,9-11H2,1-3H3. The van der Waals surface area contributed by atoms with Crippen LogP contribution in [0.2, 0.25) is 6.04 Å². The molecule has 0 amide bonds. The van der Waals surface area contributed by atoms with Gasteiger partial charge in [-0.15, -0.1) is 0 Å². The molecule has 0 fully saturated rings. The molecule has 0 aromatic rings. The van der Waals surface area contributed by atoms with Gasteiger partial charge in [0.2, 0.25) is 0 Å². The number of halogens is 8. The van der Waals surface area contributed by atoms with Crippen LogP contribution in [-0.4, -0.2) is 59.7 Å². The lowest BCUT2D eigenvalue weighted by molar-refractivity contribution is -0.347. The van der Waals surface area contributed by atoms with Crippen molar-refractivity contribution in [1.82, 2.24) is 5.32 Å². The van der Waals surface area contributed by atoms with E-state index in [0.717, 1.165) is 0 Å². The molecule has 0 aliphatic rings. The molecule has 0 aliphatic heterocycles. The number of allylic oxidation sites excluding steroid dienone is 1. The Morgan fingerprint density at radius 3 is 1.75 bits per heavy atom. The minimum Gasteiger partial charge on any atom is -0.374 e. The van der Waals surface area contributed by atoms with Crippen LogP contribution in [0, 0.1) is 0 Å². The lowest BCUT2D eigenvalue weighted by Crippen LogP contribution is -2.52. The van der Waals surface area contributed by atoms with E-state index < -0.39 is 39.2 Å². The molecule has 28 heavy (non-hydrogen) atoms. The Bertz CT molecular complexity index is 471. The van der Waals surface area contributed by atoms with Gasteiger partial charge in [-0.25, -0.2) is 4.39 Å². The Morgan fingerprint density at radius 2 is 1.36 bits per heavy atom. The Hall–Kier alpha value is -0.763. The van der Waals surface area contributed by atoms with Crippen molar-refractivity contribution in [1.29, 1.82) is 0 Å². The molecule has 0 aliphatic carbocycles. The summed E-state index contributed by atoms with van der Waals surface area (Å²) in [5, 5.41) is 2.46. The van der Waals surface area contributed by atoms with Gasteiger partial charge in [-0.3, -0.25) is 0 Å². The molecule has 1 N–H and O–H groups in total. The first-order valence-electron chi connectivity index (χ1n) is 8.62. The van der Waals surface area contributed by atoms with E-state index in [1.807, 2.05) is 0 Å². The molecule has 0 atom stereocenters. The topological polar surface area (TPSA) is 39.7 Å². The highest BCUT2D eigenvalue weighted by Gasteiger charge is 2.74. The van der Waals surface area contributed by atoms with Gasteiger partial charge in [-0.2, -0.15) is 30.7 Å². The van der Waals surface area contributed by atoms with Crippen LogP contribution in [0.4, 0.5) is 35.1 Å². The molecule has 0 aromatic heterocycles. The minimum atomic E-state index is -6.58. The SMILES string of the molecule is CCO[Si](CCCNCC=C(F)C(F)(F)C(F)(F)C(F)(F)F)(OCC)OCC. The van der Waals surface area contributed by atoms with Crippen molar-refractivity contribution in [2.24, 2.45) is 0 Å². The third-order valence-corrected chi connectivity index (χ3v) is 6.56. The average molecular weight is 447 g/mol. The van der Waals surface area contributed by atoms with Crippen LogP contribution in [-0.2, 0) is 13.3 Å². The summed E-state index contributed by atoms with van der Waals surface area (Å²) in [6.07, 6.45) is -6.27. The van der Waals surface area contributed by atoms with E-state index in [9.17, 15) is 35.1 Å². The maximum atomic E-state index is 13.2. The highest BCUT2D eigenvalue weighted by atomic mass is 28.4. The Labute approximate surface area is 159 Å². The van der Waals surface area contributed by atoms with Crippen LogP contribution in [0.15, 0.2) is 11.9 Å². The Morgan fingerprint density at radius 1 is 0.893 bits per heavy atom. The van der Waals surface area contributed by atoms with Gasteiger partial charge in [0.1, 0.15) is 0 Å². The molecular weight excluding hydrogens is 422 g/mol. The minimum absolute atomic E-state index is 0.0437. The largest absolute Gasteiger partial charge is 0.500 e. The van der Waals surface area contributed by atoms with E-state index in [1.54, 1.807) is 20.8 Å². The number of hydrogen-bond acceptors (Lipinski definition) is 4. The normalized spacial score (nSPS) is 14.6. The van der Waals surface area contributed by atoms with E-state index in [2.05, 4.69) is 5.32 Å². The van der Waals surface area contributed by atoms with Gasteiger partial charge in [0.25, 0.3) is 0 Å². The summed E-state index contributed by atoms with van der Waals surface area (Å²) in [6.45, 7) is 5.74. The molecule has 0 unspecified atom stereocenters. The van der Waals surface area contributed by atoms with Crippen LogP contribution in [0.5, 0.6) is 0 Å². The zero-order valence-corrected chi connectivity index (χ0v) is 16.8. The van der Waals surface area contributed by atoms with Crippen LogP contribution >= 0.6 is 0 Å². The number of nitrogens with one attached hydrogen (secondary N) is 1. The second-order valence-electron chi connectivity index (χ2n) is 5.49. The van der Waals surface area contributed by atoms with E-state index in [1.165, 1.54) is 0 Å². The summed E-state index contributed by atoms with van der Waals surface area (Å²) in [4.78, 5) is 0. The highest BCUT2D eigenvalue weighted by Crippen LogP contribution is 2.49. The molecule has 0 heterocycles. The van der Waals surface area contributed by atoms with Crippen molar-refractivity contribution in [3.63, 3.8) is 0 Å². The molecule has 0 rings (SSSR count). The predicted octanol–water partition coefficient (Wildman–Crippen LogP) is 4.70. The van der Waals surface area contributed by atoms with E-state index >= 15 is 0 Å². The summed E-state index contributed by atoms with van der Waals surface area (Å²) >= 11 is 0. The highest BCUT2D eigenvalue weighted by molar-refractivity contribution is 6.60. The van der Waals surface area contributed by atoms with Crippen molar-refractivity contribution in [2.75, 3.05) is 32.9 Å². The third-order valence-electron chi connectivity index (χ3n) is 3.41. The molecule has 4 nitrogen and oxygen atoms in total. The van der Waals surface area contributed by atoms with Gasteiger partial charge in [0, 0.05) is 32.4 Å². The Kier molecular flexibility index (Phi) is 11.1. The number of alkyl halides is 7. The summed E-state index contributed by atoms with van der Waals surface area (Å²) in [7, 11) is -2.93. The molecule has 0 spiro atoms. The zero-order chi connectivity index (χ0) is 22.1. The molecule has 0 saturated heterocycles. The second kappa shape index (κ2) is 11.4. The fraction of sp³-hybridized carbons (Fsp3) is 0.867. The first-order chi connectivity index (χ1) is 12.8. The number of rotatable bonds is 14. The summed E-state index contributed by atoms with van der Waals surface area (Å²) < 4.78 is 118. The van der Waals surface area contributed by atoms with Crippen LogP contribution < -0.4 is 5.32 Å². The lowest BCUT2D eigenvalue weighted by atomic mass is 10.1. The quantitative estimate of drug-likeness (QED) is 0.238. The maximum Gasteiger partial charge on any atom is 0.500 e. The smallest absolute Gasteiger partial charge is 0.374 e. The van der Waals surface area contributed by atoms with E-state index in [4.69, 9.17) is 13.3 Å². The van der Waals surface area contributed by atoms with Gasteiger partial charge < -0.3 is 18.6 Å². The second-order valence-corrected chi connectivity index (χ2v) is 8.22. The number of hydrogen-bond donors (Lipinski definition) is 1. The van der Waals surface area contributed by atoms with Crippen molar-refractivity contribution >= 4 is 8.80 Å². The molecule has 0 saturated carbocycles. The molecule has 13 heteroatoms. The monoisotopic (exact) mass is 447 g/mol. The first-order valence-corrected chi connectivity index (χ1v) is 10.6. The maximum absolute atomic E-state index is 13.2. The fourth-order valence-electron chi connectivity index (χ4n) is 2.15. The lowest BCUT2D eigenvalue weighted by Gasteiger charge is -2.28. The molecular formula is C15H25F8NO3Si. The molecule has 0 bridgehead atoms. The van der Waals surface area contributed by atoms with Crippen molar-refractivity contribution < 1.29 is 48.4 Å². The first kappa shape index (κ1) is 27.2. The molecule has 168 valence electrons. The average Bonchev–Trinajstić information content (AvgIpc) is 2.57. The van der Waals surface area contributed by atoms with Crippen molar-refractivity contribution in [3.05, 3.63) is 11.9 Å². The van der Waals surface area contributed by atoms with Crippen molar-refractivity contribution in [3.8, 4) is 0 Å². The fourth-order valence-corrected chi connectivity index (χ4v) is 4.76. The van der Waals surface area contributed by atoms with Gasteiger partial charge in [0.05, 0.1) is 0 Å². The molecule has 0 aromatic carbocycles. The zero-order valence-electron chi connectivity index (χ0n) is 15.8. The van der Waals surface area contributed by atoms with Gasteiger partial charge in [-0.05, 0) is 39.8 Å². The Balaban J connectivity index is 4.68. The molecule has 0 radical (unpaired) electrons. The summed E-state index contributed by atoms with van der Waals surface area (Å²) in [6, 6.07) is 0.351. The van der Waals surface area contributed by atoms with E-state index in [-0.39, 0.29) is 12.6 Å². The summed E-state index contributed by atoms with van der Waals surface area (Å²) in [5.74, 6) is -15.4. The van der Waals surface area contributed by atoms with Gasteiger partial charge in [-0.1, -0.05) is 0 Å². The van der Waals surface area contributed by atoms with E-state index in [0.29, 0.717) is 32.3 Å². The van der Waals surface area contributed by atoms with Crippen molar-refractivity contribution in [2.45, 2.75) is 51.3 Å². The van der Waals surface area contributed by atoms with Gasteiger partial charge >= 0.3 is 26.8 Å².